The summed E-state index contributed by atoms with van der Waals surface area (Å²) in [7, 11) is -2.21. The molecule has 80 valence electrons. The van der Waals surface area contributed by atoms with Crippen LogP contribution in [0.15, 0.2) is 0 Å². The SMILES string of the molecule is CCN(NC)C(C)(C)CS(=O)(=O)O. The Bertz CT molecular complexity index is 244. The van der Waals surface area contributed by atoms with Gasteiger partial charge in [0.15, 0.2) is 0 Å². The molecular formula is C7H18N2O3S. The lowest BCUT2D eigenvalue weighted by Gasteiger charge is -2.35. The van der Waals surface area contributed by atoms with Gasteiger partial charge in [-0.25, -0.2) is 5.01 Å². The average Bonchev–Trinajstić information content (AvgIpc) is 1.83. The van der Waals surface area contributed by atoms with E-state index in [9.17, 15) is 8.42 Å². The Morgan fingerprint density at radius 3 is 2.15 bits per heavy atom. The third-order valence-corrected chi connectivity index (χ3v) is 2.92. The normalized spacial score (nSPS) is 13.7. The smallest absolute Gasteiger partial charge is 0.266 e. The van der Waals surface area contributed by atoms with Crippen LogP contribution in [0.4, 0.5) is 0 Å². The number of hydrogen-bond acceptors (Lipinski definition) is 4. The molecule has 0 aliphatic rings. The van der Waals surface area contributed by atoms with Gasteiger partial charge >= 0.3 is 0 Å². The molecule has 6 heteroatoms. The van der Waals surface area contributed by atoms with Crippen LogP contribution in [0, 0.1) is 0 Å². The minimum atomic E-state index is -3.93. The van der Waals surface area contributed by atoms with Crippen molar-refractivity contribution in [2.75, 3.05) is 19.3 Å². The maximum Gasteiger partial charge on any atom is 0.266 e. The molecule has 5 nitrogen and oxygen atoms in total. The number of nitrogens with one attached hydrogen (secondary N) is 1. The summed E-state index contributed by atoms with van der Waals surface area (Å²) in [5.41, 5.74) is 2.26. The maximum atomic E-state index is 10.7. The molecular weight excluding hydrogens is 192 g/mol. The maximum absolute atomic E-state index is 10.7. The molecule has 0 spiro atoms. The quantitative estimate of drug-likeness (QED) is 0.498. The first-order chi connectivity index (χ1) is 5.73. The molecule has 0 atom stereocenters. The van der Waals surface area contributed by atoms with Crippen molar-refractivity contribution >= 4 is 10.1 Å². The van der Waals surface area contributed by atoms with Crippen molar-refractivity contribution in [2.45, 2.75) is 26.3 Å². The van der Waals surface area contributed by atoms with Crippen molar-refractivity contribution < 1.29 is 13.0 Å². The molecule has 0 unspecified atom stereocenters. The molecule has 0 bridgehead atoms. The highest BCUT2D eigenvalue weighted by molar-refractivity contribution is 7.85. The second-order valence-electron chi connectivity index (χ2n) is 3.51. The molecule has 0 saturated heterocycles. The molecule has 0 saturated carbocycles. The Balaban J connectivity index is 4.55. The second-order valence-corrected chi connectivity index (χ2v) is 4.96. The topological polar surface area (TPSA) is 69.6 Å². The average molecular weight is 210 g/mol. The van der Waals surface area contributed by atoms with Gasteiger partial charge in [0.2, 0.25) is 0 Å². The Kier molecular flexibility index (Phi) is 4.31. The van der Waals surface area contributed by atoms with E-state index in [0.29, 0.717) is 6.54 Å². The molecule has 2 N–H and O–H groups in total. The first-order valence-electron chi connectivity index (χ1n) is 4.13. The zero-order valence-electron chi connectivity index (χ0n) is 8.53. The Labute approximate surface area is 79.8 Å². The van der Waals surface area contributed by atoms with Gasteiger partial charge in [-0.15, -0.1) is 0 Å². The predicted octanol–water partition coefficient (Wildman–Crippen LogP) is 0.109. The standard InChI is InChI=1S/C7H18N2O3S/c1-5-9(8-4)7(2,3)6-13(10,11)12/h8H,5-6H2,1-4H3,(H,10,11,12). The van der Waals surface area contributed by atoms with Gasteiger partial charge in [0, 0.05) is 12.1 Å². The fraction of sp³-hybridized carbons (Fsp3) is 1.00. The van der Waals surface area contributed by atoms with Crippen LogP contribution < -0.4 is 5.43 Å². The minimum Gasteiger partial charge on any atom is -0.285 e. The fourth-order valence-corrected chi connectivity index (χ4v) is 2.46. The van der Waals surface area contributed by atoms with Crippen molar-refractivity contribution in [1.29, 1.82) is 0 Å². The molecule has 0 heterocycles. The first-order valence-corrected chi connectivity index (χ1v) is 5.74. The molecule has 0 aliphatic heterocycles. The van der Waals surface area contributed by atoms with Crippen molar-refractivity contribution in [3.63, 3.8) is 0 Å². The summed E-state index contributed by atoms with van der Waals surface area (Å²) in [5, 5.41) is 1.75. The Morgan fingerprint density at radius 2 is 1.92 bits per heavy atom. The molecule has 0 aromatic carbocycles. The predicted molar refractivity (Wildman–Crippen MR) is 51.9 cm³/mol. The van der Waals surface area contributed by atoms with E-state index in [-0.39, 0.29) is 5.75 Å². The van der Waals surface area contributed by atoms with E-state index in [2.05, 4.69) is 5.43 Å². The van der Waals surface area contributed by atoms with Gasteiger partial charge in [-0.05, 0) is 20.9 Å². The van der Waals surface area contributed by atoms with Crippen molar-refractivity contribution in [3.8, 4) is 0 Å². The van der Waals surface area contributed by atoms with Crippen molar-refractivity contribution in [3.05, 3.63) is 0 Å². The summed E-state index contributed by atoms with van der Waals surface area (Å²) in [6.07, 6.45) is 0. The van der Waals surface area contributed by atoms with E-state index in [0.717, 1.165) is 0 Å². The largest absolute Gasteiger partial charge is 0.285 e. The lowest BCUT2D eigenvalue weighted by atomic mass is 10.1. The van der Waals surface area contributed by atoms with Crippen LogP contribution in [0.2, 0.25) is 0 Å². The van der Waals surface area contributed by atoms with E-state index >= 15 is 0 Å². The van der Waals surface area contributed by atoms with Gasteiger partial charge in [-0.3, -0.25) is 9.98 Å². The van der Waals surface area contributed by atoms with Crippen LogP contribution in [-0.2, 0) is 10.1 Å². The summed E-state index contributed by atoms with van der Waals surface area (Å²) in [4.78, 5) is 0. The minimum absolute atomic E-state index is 0.283. The highest BCUT2D eigenvalue weighted by Crippen LogP contribution is 2.13. The monoisotopic (exact) mass is 210 g/mol. The molecule has 0 aromatic rings. The third-order valence-electron chi connectivity index (χ3n) is 1.85. The molecule has 13 heavy (non-hydrogen) atoms. The molecule has 0 aromatic heterocycles. The summed E-state index contributed by atoms with van der Waals surface area (Å²) >= 11 is 0. The van der Waals surface area contributed by atoms with Crippen LogP contribution in [0.1, 0.15) is 20.8 Å². The summed E-state index contributed by atoms with van der Waals surface area (Å²) < 4.78 is 30.1. The molecule has 0 amide bonds. The van der Waals surface area contributed by atoms with Gasteiger partial charge in [-0.2, -0.15) is 8.42 Å². The van der Waals surface area contributed by atoms with Crippen LogP contribution in [0.25, 0.3) is 0 Å². The highest BCUT2D eigenvalue weighted by atomic mass is 32.2. The lowest BCUT2D eigenvalue weighted by molar-refractivity contribution is 0.0936. The number of hydrogen-bond donors (Lipinski definition) is 2. The van der Waals surface area contributed by atoms with Gasteiger partial charge in [-0.1, -0.05) is 6.92 Å². The van der Waals surface area contributed by atoms with Crippen LogP contribution >= 0.6 is 0 Å². The highest BCUT2D eigenvalue weighted by Gasteiger charge is 2.29. The van der Waals surface area contributed by atoms with Gasteiger partial charge < -0.3 is 0 Å². The van der Waals surface area contributed by atoms with Crippen LogP contribution in [0.5, 0.6) is 0 Å². The van der Waals surface area contributed by atoms with Gasteiger partial charge in [0.05, 0.1) is 5.75 Å². The summed E-state index contributed by atoms with van der Waals surface area (Å²) in [6, 6.07) is 0. The second kappa shape index (κ2) is 4.36. The molecule has 0 radical (unpaired) electrons. The van der Waals surface area contributed by atoms with E-state index in [1.165, 1.54) is 0 Å². The summed E-state index contributed by atoms with van der Waals surface area (Å²) in [5.74, 6) is -0.283. The zero-order chi connectivity index (χ0) is 10.7. The molecule has 0 fully saturated rings. The number of rotatable bonds is 5. The Morgan fingerprint density at radius 1 is 1.46 bits per heavy atom. The van der Waals surface area contributed by atoms with Crippen molar-refractivity contribution in [1.82, 2.24) is 10.4 Å². The van der Waals surface area contributed by atoms with E-state index in [1.54, 1.807) is 25.9 Å². The van der Waals surface area contributed by atoms with Crippen LogP contribution in [-0.4, -0.2) is 42.9 Å². The molecule has 0 aliphatic carbocycles. The number of nitrogens with zero attached hydrogens (tertiary/aromatic N) is 1. The van der Waals surface area contributed by atoms with E-state index < -0.39 is 15.7 Å². The van der Waals surface area contributed by atoms with E-state index in [4.69, 9.17) is 4.55 Å². The fourth-order valence-electron chi connectivity index (χ4n) is 1.41. The third kappa shape index (κ3) is 4.56. The Hall–Kier alpha value is -0.170. The van der Waals surface area contributed by atoms with Crippen LogP contribution in [0.3, 0.4) is 0 Å². The van der Waals surface area contributed by atoms with E-state index in [1.807, 2.05) is 6.92 Å². The zero-order valence-corrected chi connectivity index (χ0v) is 9.35. The molecule has 0 rings (SSSR count). The summed E-state index contributed by atoms with van der Waals surface area (Å²) in [6.45, 7) is 6.07. The first kappa shape index (κ1) is 12.8. The van der Waals surface area contributed by atoms with Gasteiger partial charge in [0.25, 0.3) is 10.1 Å². The lowest BCUT2D eigenvalue weighted by Crippen LogP contribution is -2.54. The van der Waals surface area contributed by atoms with Crippen molar-refractivity contribution in [2.24, 2.45) is 0 Å². The van der Waals surface area contributed by atoms with Gasteiger partial charge in [0.1, 0.15) is 0 Å². The number of hydrazine groups is 1.